The Balaban J connectivity index is 1.75. The third-order valence-corrected chi connectivity index (χ3v) is 4.10. The molecule has 2 N–H and O–H groups in total. The molecule has 3 aromatic rings. The molecule has 0 aliphatic carbocycles. The molecule has 0 bridgehead atoms. The Morgan fingerprint density at radius 2 is 1.96 bits per heavy atom. The zero-order valence-corrected chi connectivity index (χ0v) is 14.4. The molecule has 0 spiro atoms. The Labute approximate surface area is 150 Å². The lowest BCUT2D eigenvalue weighted by Crippen LogP contribution is -2.36. The minimum absolute atomic E-state index is 0.0152. The van der Waals surface area contributed by atoms with Crippen molar-refractivity contribution in [1.29, 1.82) is 0 Å². The van der Waals surface area contributed by atoms with E-state index in [1.165, 1.54) is 0 Å². The average molecular weight is 352 g/mol. The highest BCUT2D eigenvalue weighted by Gasteiger charge is 2.19. The molecule has 1 unspecified atom stereocenters. The summed E-state index contributed by atoms with van der Waals surface area (Å²) in [5, 5.41) is 11.9. The Bertz CT molecular complexity index is 918. The van der Waals surface area contributed by atoms with Crippen molar-refractivity contribution < 1.29 is 19.1 Å². The number of carbonyl (C=O) groups excluding carboxylic acids is 1. The second-order valence-electron chi connectivity index (χ2n) is 6.24. The zero-order chi connectivity index (χ0) is 18.5. The third-order valence-electron chi connectivity index (χ3n) is 4.10. The Kier molecular flexibility index (Phi) is 5.31. The lowest BCUT2D eigenvalue weighted by atomic mass is 10.0. The first kappa shape index (κ1) is 17.7. The topological polar surface area (TPSA) is 92.4 Å². The predicted molar refractivity (Wildman–Crippen MR) is 97.0 cm³/mol. The number of aliphatic carboxylic acids is 1. The van der Waals surface area contributed by atoms with E-state index in [1.54, 1.807) is 12.1 Å². The number of hydrogen-bond donors (Lipinski definition) is 2. The first-order chi connectivity index (χ1) is 12.5. The van der Waals surface area contributed by atoms with Crippen molar-refractivity contribution in [3.05, 3.63) is 65.5 Å². The van der Waals surface area contributed by atoms with Gasteiger partial charge < -0.3 is 14.8 Å². The number of carboxylic acid groups (broad SMARTS) is 1. The van der Waals surface area contributed by atoms with Crippen LogP contribution in [-0.4, -0.2) is 28.0 Å². The van der Waals surface area contributed by atoms with Gasteiger partial charge in [0.2, 0.25) is 0 Å². The molecule has 6 nitrogen and oxygen atoms in total. The van der Waals surface area contributed by atoms with Crippen molar-refractivity contribution in [1.82, 2.24) is 10.3 Å². The summed E-state index contributed by atoms with van der Waals surface area (Å²) in [4.78, 5) is 27.8. The highest BCUT2D eigenvalue weighted by atomic mass is 16.4. The Morgan fingerprint density at radius 3 is 2.69 bits per heavy atom. The highest BCUT2D eigenvalue weighted by Crippen LogP contribution is 2.18. The number of aromatic nitrogens is 1. The Hall–Kier alpha value is -3.15. The summed E-state index contributed by atoms with van der Waals surface area (Å²) < 4.78 is 5.57. The zero-order valence-electron chi connectivity index (χ0n) is 14.4. The summed E-state index contributed by atoms with van der Waals surface area (Å²) in [6, 6.07) is 14.5. The lowest BCUT2D eigenvalue weighted by molar-refractivity contribution is -0.137. The summed E-state index contributed by atoms with van der Waals surface area (Å²) in [6.45, 7) is 1.87. The molecule has 6 heteroatoms. The summed E-state index contributed by atoms with van der Waals surface area (Å²) in [5.41, 5.74) is 3.05. The highest BCUT2D eigenvalue weighted by molar-refractivity contribution is 5.95. The number of rotatable bonds is 7. The standard InChI is InChI=1S/C20H20N2O4/c1-13-7-9-17-16(21-13)12-18(26-17)20(25)22-15(8-10-19(23)24)11-14-5-3-2-4-6-14/h2-7,9,12,15H,8,10-11H2,1H3,(H,22,25)(H,23,24). The fraction of sp³-hybridized carbons (Fsp3) is 0.250. The van der Waals surface area contributed by atoms with E-state index in [2.05, 4.69) is 10.3 Å². The molecule has 0 saturated carbocycles. The maximum Gasteiger partial charge on any atom is 0.303 e. The molecule has 0 fully saturated rings. The van der Waals surface area contributed by atoms with Gasteiger partial charge >= 0.3 is 5.97 Å². The van der Waals surface area contributed by atoms with E-state index < -0.39 is 5.97 Å². The van der Waals surface area contributed by atoms with Gasteiger partial charge in [-0.25, -0.2) is 4.98 Å². The molecule has 134 valence electrons. The van der Waals surface area contributed by atoms with Gasteiger partial charge in [0.1, 0.15) is 5.52 Å². The number of nitrogens with zero attached hydrogens (tertiary/aromatic N) is 1. The molecule has 0 radical (unpaired) electrons. The monoisotopic (exact) mass is 352 g/mol. The minimum atomic E-state index is -0.888. The van der Waals surface area contributed by atoms with E-state index in [4.69, 9.17) is 9.52 Å². The number of fused-ring (bicyclic) bond motifs is 1. The largest absolute Gasteiger partial charge is 0.481 e. The number of hydrogen-bond acceptors (Lipinski definition) is 4. The average Bonchev–Trinajstić information content (AvgIpc) is 3.03. The summed E-state index contributed by atoms with van der Waals surface area (Å²) in [5.74, 6) is -1.08. The number of benzene rings is 1. The maximum absolute atomic E-state index is 12.6. The van der Waals surface area contributed by atoms with Crippen LogP contribution >= 0.6 is 0 Å². The molecule has 0 saturated heterocycles. The fourth-order valence-corrected chi connectivity index (χ4v) is 2.82. The van der Waals surface area contributed by atoms with Crippen LogP contribution in [0.25, 0.3) is 11.1 Å². The number of carbonyl (C=O) groups is 2. The van der Waals surface area contributed by atoms with Gasteiger partial charge in [-0.1, -0.05) is 30.3 Å². The number of pyridine rings is 1. The molecule has 0 aliphatic rings. The molecule has 1 amide bonds. The first-order valence-electron chi connectivity index (χ1n) is 8.45. The van der Waals surface area contributed by atoms with E-state index in [0.29, 0.717) is 23.9 Å². The van der Waals surface area contributed by atoms with Crippen LogP contribution in [0, 0.1) is 6.92 Å². The number of nitrogens with one attached hydrogen (secondary N) is 1. The van der Waals surface area contributed by atoms with Gasteiger partial charge in [-0.2, -0.15) is 0 Å². The van der Waals surface area contributed by atoms with Crippen LogP contribution in [0.4, 0.5) is 0 Å². The van der Waals surface area contributed by atoms with Crippen LogP contribution < -0.4 is 5.32 Å². The van der Waals surface area contributed by atoms with Crippen molar-refractivity contribution in [2.24, 2.45) is 0 Å². The lowest BCUT2D eigenvalue weighted by Gasteiger charge is -2.17. The predicted octanol–water partition coefficient (Wildman–Crippen LogP) is 3.34. The van der Waals surface area contributed by atoms with Gasteiger partial charge in [0, 0.05) is 24.2 Å². The van der Waals surface area contributed by atoms with E-state index in [1.807, 2.05) is 43.3 Å². The number of amides is 1. The number of furan rings is 1. The van der Waals surface area contributed by atoms with Crippen LogP contribution in [-0.2, 0) is 11.2 Å². The summed E-state index contributed by atoms with van der Waals surface area (Å²) in [7, 11) is 0. The summed E-state index contributed by atoms with van der Waals surface area (Å²) in [6.07, 6.45) is 0.879. The van der Waals surface area contributed by atoms with Gasteiger partial charge in [-0.05, 0) is 37.5 Å². The van der Waals surface area contributed by atoms with E-state index in [0.717, 1.165) is 11.3 Å². The summed E-state index contributed by atoms with van der Waals surface area (Å²) >= 11 is 0. The van der Waals surface area contributed by atoms with Crippen LogP contribution in [0.5, 0.6) is 0 Å². The fourth-order valence-electron chi connectivity index (χ4n) is 2.82. The van der Waals surface area contributed by atoms with Crippen LogP contribution in [0.1, 0.15) is 34.7 Å². The number of carboxylic acids is 1. The van der Waals surface area contributed by atoms with Crippen molar-refractivity contribution in [2.45, 2.75) is 32.2 Å². The van der Waals surface area contributed by atoms with Gasteiger partial charge in [0.25, 0.3) is 5.91 Å². The normalized spacial score (nSPS) is 12.0. The van der Waals surface area contributed by atoms with Crippen molar-refractivity contribution >= 4 is 23.0 Å². The van der Waals surface area contributed by atoms with Crippen LogP contribution in [0.2, 0.25) is 0 Å². The van der Waals surface area contributed by atoms with Gasteiger partial charge in [-0.15, -0.1) is 0 Å². The van der Waals surface area contributed by atoms with E-state index in [-0.39, 0.29) is 24.1 Å². The second-order valence-corrected chi connectivity index (χ2v) is 6.24. The van der Waals surface area contributed by atoms with E-state index >= 15 is 0 Å². The molecular weight excluding hydrogens is 332 g/mol. The van der Waals surface area contributed by atoms with Crippen molar-refractivity contribution in [2.75, 3.05) is 0 Å². The molecular formula is C20H20N2O4. The van der Waals surface area contributed by atoms with Crippen LogP contribution in [0.15, 0.2) is 52.9 Å². The second kappa shape index (κ2) is 7.82. The quantitative estimate of drug-likeness (QED) is 0.680. The molecule has 1 aromatic carbocycles. The molecule has 3 rings (SSSR count). The first-order valence-corrected chi connectivity index (χ1v) is 8.45. The van der Waals surface area contributed by atoms with E-state index in [9.17, 15) is 9.59 Å². The molecule has 1 atom stereocenters. The van der Waals surface area contributed by atoms with Crippen LogP contribution in [0.3, 0.4) is 0 Å². The molecule has 2 heterocycles. The van der Waals surface area contributed by atoms with Crippen molar-refractivity contribution in [3.8, 4) is 0 Å². The van der Waals surface area contributed by atoms with Gasteiger partial charge in [0.05, 0.1) is 0 Å². The van der Waals surface area contributed by atoms with Gasteiger partial charge in [-0.3, -0.25) is 9.59 Å². The molecule has 2 aromatic heterocycles. The maximum atomic E-state index is 12.6. The molecule has 26 heavy (non-hydrogen) atoms. The smallest absolute Gasteiger partial charge is 0.303 e. The minimum Gasteiger partial charge on any atom is -0.481 e. The SMILES string of the molecule is Cc1ccc2oc(C(=O)NC(CCC(=O)O)Cc3ccccc3)cc2n1. The third kappa shape index (κ3) is 4.47. The Morgan fingerprint density at radius 1 is 1.19 bits per heavy atom. The number of aryl methyl sites for hydroxylation is 1. The molecule has 0 aliphatic heterocycles. The van der Waals surface area contributed by atoms with Crippen molar-refractivity contribution in [3.63, 3.8) is 0 Å². The van der Waals surface area contributed by atoms with Gasteiger partial charge in [0.15, 0.2) is 11.3 Å².